The summed E-state index contributed by atoms with van der Waals surface area (Å²) in [5.74, 6) is 0.276. The quantitative estimate of drug-likeness (QED) is 0.452. The Morgan fingerprint density at radius 1 is 1.33 bits per heavy atom. The summed E-state index contributed by atoms with van der Waals surface area (Å²) in [6, 6.07) is 7.38. The molecule has 0 aliphatic carbocycles. The second kappa shape index (κ2) is 8.14. The molecule has 0 spiro atoms. The number of ether oxygens (including phenoxy) is 2. The van der Waals surface area contributed by atoms with Crippen molar-refractivity contribution in [3.8, 4) is 11.4 Å². The number of nitrogens with one attached hydrogen (secondary N) is 1. The zero-order valence-corrected chi connectivity index (χ0v) is 14.0. The summed E-state index contributed by atoms with van der Waals surface area (Å²) in [7, 11) is 1.60. The molecule has 0 bridgehead atoms. The van der Waals surface area contributed by atoms with Gasteiger partial charge in [-0.25, -0.2) is 9.48 Å². The van der Waals surface area contributed by atoms with E-state index < -0.39 is 5.97 Å². The van der Waals surface area contributed by atoms with E-state index in [0.717, 1.165) is 22.7 Å². The normalized spacial score (nSPS) is 10.3. The molecule has 0 radical (unpaired) electrons. The Kier molecular flexibility index (Phi) is 5.95. The van der Waals surface area contributed by atoms with Crippen LogP contribution in [0.2, 0.25) is 0 Å². The maximum atomic E-state index is 12.2. The molecule has 2 aromatic rings. The lowest BCUT2D eigenvalue weighted by Gasteiger charge is -2.06. The first kappa shape index (κ1) is 17.5. The highest BCUT2D eigenvalue weighted by Gasteiger charge is 2.22. The highest BCUT2D eigenvalue weighted by atomic mass is 16.5. The maximum Gasteiger partial charge on any atom is 0.359 e. The molecule has 0 atom stereocenters. The van der Waals surface area contributed by atoms with Crippen LogP contribution in [0.15, 0.2) is 24.3 Å². The maximum absolute atomic E-state index is 12.2. The van der Waals surface area contributed by atoms with Crippen LogP contribution in [0, 0.1) is 6.92 Å². The van der Waals surface area contributed by atoms with Gasteiger partial charge < -0.3 is 14.8 Å². The number of aromatic nitrogens is 2. The van der Waals surface area contributed by atoms with Crippen LogP contribution in [0.5, 0.6) is 5.75 Å². The molecular weight excluding hydrogens is 310 g/mol. The van der Waals surface area contributed by atoms with Crippen molar-refractivity contribution in [1.29, 1.82) is 0 Å². The highest BCUT2D eigenvalue weighted by Crippen LogP contribution is 2.21. The molecule has 7 heteroatoms. The summed E-state index contributed by atoms with van der Waals surface area (Å²) in [6.45, 7) is 4.33. The SMILES string of the molecule is CCOC(=O)c1nn(-c2ccc(OC)cc2)c(C)c1CCNC=O. The van der Waals surface area contributed by atoms with Gasteiger partial charge in [-0.15, -0.1) is 0 Å². The van der Waals surface area contributed by atoms with Crippen molar-refractivity contribution in [2.75, 3.05) is 20.3 Å². The Bertz CT molecular complexity index is 707. The van der Waals surface area contributed by atoms with Gasteiger partial charge in [0.25, 0.3) is 0 Å². The summed E-state index contributed by atoms with van der Waals surface area (Å²) in [4.78, 5) is 22.6. The topological polar surface area (TPSA) is 82.4 Å². The zero-order chi connectivity index (χ0) is 17.5. The van der Waals surface area contributed by atoms with Gasteiger partial charge in [-0.3, -0.25) is 4.79 Å². The zero-order valence-electron chi connectivity index (χ0n) is 14.0. The van der Waals surface area contributed by atoms with Gasteiger partial charge in [-0.2, -0.15) is 5.10 Å². The van der Waals surface area contributed by atoms with Gasteiger partial charge in [0.2, 0.25) is 6.41 Å². The van der Waals surface area contributed by atoms with Crippen LogP contribution in [0.1, 0.15) is 28.7 Å². The van der Waals surface area contributed by atoms with E-state index in [1.165, 1.54) is 0 Å². The monoisotopic (exact) mass is 331 g/mol. The van der Waals surface area contributed by atoms with Gasteiger partial charge in [0.1, 0.15) is 5.75 Å². The van der Waals surface area contributed by atoms with E-state index in [9.17, 15) is 9.59 Å². The van der Waals surface area contributed by atoms with Crippen LogP contribution in [0.3, 0.4) is 0 Å². The Balaban J connectivity index is 2.41. The minimum absolute atomic E-state index is 0.276. The number of hydrogen-bond donors (Lipinski definition) is 1. The number of carbonyl (C=O) groups is 2. The summed E-state index contributed by atoms with van der Waals surface area (Å²) in [6.07, 6.45) is 1.13. The summed E-state index contributed by atoms with van der Waals surface area (Å²) < 4.78 is 11.9. The van der Waals surface area contributed by atoms with Gasteiger partial charge in [0.05, 0.1) is 19.4 Å². The van der Waals surface area contributed by atoms with E-state index in [1.54, 1.807) is 18.7 Å². The van der Waals surface area contributed by atoms with Crippen molar-refractivity contribution in [2.45, 2.75) is 20.3 Å². The lowest BCUT2D eigenvalue weighted by atomic mass is 10.1. The van der Waals surface area contributed by atoms with Gasteiger partial charge in [0, 0.05) is 17.8 Å². The van der Waals surface area contributed by atoms with Crippen molar-refractivity contribution in [1.82, 2.24) is 15.1 Å². The van der Waals surface area contributed by atoms with Crippen molar-refractivity contribution in [3.63, 3.8) is 0 Å². The Labute approximate surface area is 140 Å². The third-order valence-electron chi connectivity index (χ3n) is 3.63. The van der Waals surface area contributed by atoms with E-state index in [0.29, 0.717) is 19.4 Å². The average Bonchev–Trinajstić information content (AvgIpc) is 2.92. The van der Waals surface area contributed by atoms with Crippen molar-refractivity contribution >= 4 is 12.4 Å². The van der Waals surface area contributed by atoms with Crippen LogP contribution in [-0.4, -0.2) is 42.4 Å². The van der Waals surface area contributed by atoms with Crippen LogP contribution in [0.4, 0.5) is 0 Å². The number of amides is 1. The smallest absolute Gasteiger partial charge is 0.359 e. The standard InChI is InChI=1S/C17H21N3O4/c1-4-24-17(22)16-15(9-10-18-11-21)12(2)20(19-16)13-5-7-14(23-3)8-6-13/h5-8,11H,4,9-10H2,1-3H3,(H,18,21). The molecule has 0 saturated carbocycles. The van der Waals surface area contributed by atoms with Crippen LogP contribution in [0.25, 0.3) is 5.69 Å². The van der Waals surface area contributed by atoms with Crippen molar-refractivity contribution < 1.29 is 19.1 Å². The molecule has 24 heavy (non-hydrogen) atoms. The van der Waals surface area contributed by atoms with Crippen LogP contribution in [-0.2, 0) is 16.0 Å². The Morgan fingerprint density at radius 2 is 2.04 bits per heavy atom. The fraction of sp³-hybridized carbons (Fsp3) is 0.353. The van der Waals surface area contributed by atoms with E-state index in [-0.39, 0.29) is 12.3 Å². The molecular formula is C17H21N3O4. The van der Waals surface area contributed by atoms with Gasteiger partial charge >= 0.3 is 5.97 Å². The molecule has 0 saturated heterocycles. The van der Waals surface area contributed by atoms with Crippen LogP contribution < -0.4 is 10.1 Å². The Morgan fingerprint density at radius 3 is 2.62 bits per heavy atom. The van der Waals surface area contributed by atoms with E-state index in [1.807, 2.05) is 31.2 Å². The van der Waals surface area contributed by atoms with Crippen LogP contribution >= 0.6 is 0 Å². The average molecular weight is 331 g/mol. The molecule has 1 aromatic heterocycles. The van der Waals surface area contributed by atoms with Gasteiger partial charge in [-0.1, -0.05) is 0 Å². The number of esters is 1. The lowest BCUT2D eigenvalue weighted by molar-refractivity contribution is -0.109. The molecule has 7 nitrogen and oxygen atoms in total. The second-order valence-electron chi connectivity index (χ2n) is 5.06. The molecule has 0 aliphatic heterocycles. The second-order valence-corrected chi connectivity index (χ2v) is 5.06. The molecule has 128 valence electrons. The predicted octanol–water partition coefficient (Wildman–Crippen LogP) is 1.65. The first-order valence-electron chi connectivity index (χ1n) is 7.69. The number of methoxy groups -OCH3 is 1. The van der Waals surface area contributed by atoms with Crippen molar-refractivity contribution in [2.24, 2.45) is 0 Å². The Hall–Kier alpha value is -2.83. The molecule has 0 unspecified atom stereocenters. The minimum atomic E-state index is -0.464. The fourth-order valence-electron chi connectivity index (χ4n) is 2.43. The third kappa shape index (κ3) is 3.73. The molecule has 0 fully saturated rings. The number of hydrogen-bond acceptors (Lipinski definition) is 5. The highest BCUT2D eigenvalue weighted by molar-refractivity contribution is 5.89. The lowest BCUT2D eigenvalue weighted by Crippen LogP contribution is -2.16. The summed E-state index contributed by atoms with van der Waals surface area (Å²) in [5, 5.41) is 7.02. The van der Waals surface area contributed by atoms with E-state index in [2.05, 4.69) is 10.4 Å². The third-order valence-corrected chi connectivity index (χ3v) is 3.63. The molecule has 1 N–H and O–H groups in total. The largest absolute Gasteiger partial charge is 0.497 e. The van der Waals surface area contributed by atoms with Gasteiger partial charge in [0.15, 0.2) is 5.69 Å². The van der Waals surface area contributed by atoms with Gasteiger partial charge in [-0.05, 0) is 44.5 Å². The molecule has 2 rings (SSSR count). The fourth-order valence-corrected chi connectivity index (χ4v) is 2.43. The molecule has 1 amide bonds. The van der Waals surface area contributed by atoms with E-state index >= 15 is 0 Å². The first-order valence-corrected chi connectivity index (χ1v) is 7.69. The molecule has 1 heterocycles. The molecule has 1 aromatic carbocycles. The summed E-state index contributed by atoms with van der Waals surface area (Å²) >= 11 is 0. The minimum Gasteiger partial charge on any atom is -0.497 e. The number of benzene rings is 1. The predicted molar refractivity (Wildman–Crippen MR) is 88.6 cm³/mol. The number of nitrogens with zero attached hydrogens (tertiary/aromatic N) is 2. The number of rotatable bonds is 8. The summed E-state index contributed by atoms with van der Waals surface area (Å²) in [5.41, 5.74) is 2.68. The van der Waals surface area contributed by atoms with Crippen molar-refractivity contribution in [3.05, 3.63) is 41.2 Å². The number of carbonyl (C=O) groups excluding carboxylic acids is 2. The van der Waals surface area contributed by atoms with E-state index in [4.69, 9.17) is 9.47 Å². The first-order chi connectivity index (χ1) is 11.6. The molecule has 0 aliphatic rings.